The van der Waals surface area contributed by atoms with Crippen molar-refractivity contribution in [2.24, 2.45) is 0 Å². The van der Waals surface area contributed by atoms with E-state index in [0.29, 0.717) is 10.6 Å². The fraction of sp³-hybridized carbons (Fsp3) is 0.333. The molecule has 3 aromatic rings. The Labute approximate surface area is 190 Å². The quantitative estimate of drug-likeness (QED) is 0.568. The molecule has 1 N–H and O–H groups in total. The van der Waals surface area contributed by atoms with Crippen molar-refractivity contribution in [2.45, 2.75) is 46.0 Å². The molecule has 1 aliphatic rings. The Kier molecular flexibility index (Phi) is 6.50. The Balaban J connectivity index is 1.66. The van der Waals surface area contributed by atoms with E-state index in [2.05, 4.69) is 17.3 Å². The number of nitrogens with one attached hydrogen (secondary N) is 1. The molecule has 1 aromatic carbocycles. The standard InChI is InChI=1S/C24H25N3O4S/c1-3-15-9-11-16(12-10-15)27-14-13-18(28)21(26-27)22(29)25-23-20(24(30)31-4-2)17-7-5-6-8-19(17)32-23/h9-14H,3-8H2,1-2H3,(H,25,29). The highest BCUT2D eigenvalue weighted by molar-refractivity contribution is 7.17. The van der Waals surface area contributed by atoms with Gasteiger partial charge in [0.15, 0.2) is 5.69 Å². The second-order valence-electron chi connectivity index (χ2n) is 7.58. The number of hydrogen-bond acceptors (Lipinski definition) is 6. The number of amides is 1. The van der Waals surface area contributed by atoms with Crippen molar-refractivity contribution in [3.8, 4) is 5.69 Å². The van der Waals surface area contributed by atoms with E-state index in [9.17, 15) is 14.4 Å². The van der Waals surface area contributed by atoms with Crippen molar-refractivity contribution in [3.63, 3.8) is 0 Å². The van der Waals surface area contributed by atoms with Gasteiger partial charge < -0.3 is 10.1 Å². The fourth-order valence-electron chi connectivity index (χ4n) is 3.83. The molecule has 2 aromatic heterocycles. The average molecular weight is 452 g/mol. The molecule has 4 rings (SSSR count). The van der Waals surface area contributed by atoms with Gasteiger partial charge >= 0.3 is 5.97 Å². The summed E-state index contributed by atoms with van der Waals surface area (Å²) in [5, 5.41) is 7.45. The van der Waals surface area contributed by atoms with Crippen LogP contribution in [0.3, 0.4) is 0 Å². The summed E-state index contributed by atoms with van der Waals surface area (Å²) in [5.41, 5.74) is 2.57. The monoisotopic (exact) mass is 451 g/mol. The Morgan fingerprint density at radius 3 is 2.59 bits per heavy atom. The third-order valence-electron chi connectivity index (χ3n) is 5.51. The van der Waals surface area contributed by atoms with Gasteiger partial charge in [-0.25, -0.2) is 9.48 Å². The fourth-order valence-corrected chi connectivity index (χ4v) is 5.10. The lowest BCUT2D eigenvalue weighted by Gasteiger charge is -2.12. The van der Waals surface area contributed by atoms with E-state index >= 15 is 0 Å². The van der Waals surface area contributed by atoms with E-state index in [-0.39, 0.29) is 12.3 Å². The van der Waals surface area contributed by atoms with E-state index < -0.39 is 17.3 Å². The van der Waals surface area contributed by atoms with Crippen LogP contribution in [0, 0.1) is 0 Å². The Morgan fingerprint density at radius 2 is 1.88 bits per heavy atom. The lowest BCUT2D eigenvalue weighted by Crippen LogP contribution is -2.26. The molecule has 0 fully saturated rings. The van der Waals surface area contributed by atoms with E-state index in [1.165, 1.54) is 33.8 Å². The number of fused-ring (bicyclic) bond motifs is 1. The summed E-state index contributed by atoms with van der Waals surface area (Å²) in [6.07, 6.45) is 6.13. The molecule has 32 heavy (non-hydrogen) atoms. The highest BCUT2D eigenvalue weighted by Gasteiger charge is 2.28. The summed E-state index contributed by atoms with van der Waals surface area (Å²) in [6, 6.07) is 9.07. The van der Waals surface area contributed by atoms with Gasteiger partial charge in [0.2, 0.25) is 5.43 Å². The molecule has 166 valence electrons. The zero-order valence-electron chi connectivity index (χ0n) is 18.1. The molecule has 0 bridgehead atoms. The van der Waals surface area contributed by atoms with Crippen LogP contribution in [0.4, 0.5) is 5.00 Å². The second-order valence-corrected chi connectivity index (χ2v) is 8.69. The largest absolute Gasteiger partial charge is 0.462 e. The van der Waals surface area contributed by atoms with Crippen molar-refractivity contribution >= 4 is 28.2 Å². The van der Waals surface area contributed by atoms with Crippen molar-refractivity contribution < 1.29 is 14.3 Å². The average Bonchev–Trinajstić information content (AvgIpc) is 3.17. The van der Waals surface area contributed by atoms with Gasteiger partial charge in [-0.2, -0.15) is 5.10 Å². The molecular weight excluding hydrogens is 426 g/mol. The highest BCUT2D eigenvalue weighted by Crippen LogP contribution is 2.38. The minimum atomic E-state index is -0.640. The maximum absolute atomic E-state index is 13.0. The number of benzene rings is 1. The maximum atomic E-state index is 13.0. The molecule has 0 spiro atoms. The number of nitrogens with zero attached hydrogens (tertiary/aromatic N) is 2. The number of carbonyl (C=O) groups is 2. The van der Waals surface area contributed by atoms with Crippen molar-refractivity contribution in [2.75, 3.05) is 11.9 Å². The number of aryl methyl sites for hydroxylation is 2. The topological polar surface area (TPSA) is 90.3 Å². The van der Waals surface area contributed by atoms with Crippen molar-refractivity contribution in [1.82, 2.24) is 9.78 Å². The minimum absolute atomic E-state index is 0.228. The maximum Gasteiger partial charge on any atom is 0.341 e. The van der Waals surface area contributed by atoms with E-state index in [4.69, 9.17) is 4.74 Å². The van der Waals surface area contributed by atoms with E-state index in [0.717, 1.165) is 48.2 Å². The van der Waals surface area contributed by atoms with Crippen molar-refractivity contribution in [3.05, 3.63) is 74.0 Å². The van der Waals surface area contributed by atoms with Crippen LogP contribution in [-0.4, -0.2) is 28.3 Å². The number of hydrogen-bond donors (Lipinski definition) is 1. The molecule has 7 nitrogen and oxygen atoms in total. The van der Waals surface area contributed by atoms with Crippen LogP contribution in [0.5, 0.6) is 0 Å². The van der Waals surface area contributed by atoms with Crippen LogP contribution < -0.4 is 10.7 Å². The smallest absolute Gasteiger partial charge is 0.341 e. The van der Waals surface area contributed by atoms with E-state index in [1.54, 1.807) is 6.92 Å². The normalized spacial score (nSPS) is 12.8. The Hall–Kier alpha value is -3.26. The molecule has 0 atom stereocenters. The number of aromatic nitrogens is 2. The summed E-state index contributed by atoms with van der Waals surface area (Å²) in [5.74, 6) is -1.09. The summed E-state index contributed by atoms with van der Waals surface area (Å²) < 4.78 is 6.74. The van der Waals surface area contributed by atoms with Gasteiger partial charge in [0.1, 0.15) is 5.00 Å². The van der Waals surface area contributed by atoms with Crippen LogP contribution in [0.15, 0.2) is 41.3 Å². The van der Waals surface area contributed by atoms with Gasteiger partial charge in [-0.3, -0.25) is 9.59 Å². The minimum Gasteiger partial charge on any atom is -0.462 e. The zero-order valence-corrected chi connectivity index (χ0v) is 19.0. The number of anilines is 1. The molecule has 1 amide bonds. The first-order valence-electron chi connectivity index (χ1n) is 10.8. The summed E-state index contributed by atoms with van der Waals surface area (Å²) in [4.78, 5) is 39.2. The van der Waals surface area contributed by atoms with Gasteiger partial charge in [-0.1, -0.05) is 19.1 Å². The van der Waals surface area contributed by atoms with Gasteiger partial charge in [0, 0.05) is 17.1 Å². The lowest BCUT2D eigenvalue weighted by molar-refractivity contribution is 0.0526. The third-order valence-corrected chi connectivity index (χ3v) is 6.72. The Bertz CT molecular complexity index is 1210. The molecule has 2 heterocycles. The lowest BCUT2D eigenvalue weighted by atomic mass is 9.95. The predicted molar refractivity (Wildman–Crippen MR) is 124 cm³/mol. The first kappa shape index (κ1) is 22.0. The van der Waals surface area contributed by atoms with Crippen LogP contribution in [0.1, 0.15) is 63.5 Å². The molecular formula is C24H25N3O4S. The van der Waals surface area contributed by atoms with E-state index in [1.807, 2.05) is 24.3 Å². The van der Waals surface area contributed by atoms with Gasteiger partial charge in [-0.05, 0) is 62.3 Å². The molecule has 8 heteroatoms. The third kappa shape index (κ3) is 4.36. The summed E-state index contributed by atoms with van der Waals surface area (Å²) >= 11 is 1.38. The van der Waals surface area contributed by atoms with Gasteiger partial charge in [-0.15, -0.1) is 11.3 Å². The molecule has 0 unspecified atom stereocenters. The number of thiophene rings is 1. The molecule has 0 saturated heterocycles. The summed E-state index contributed by atoms with van der Waals surface area (Å²) in [6.45, 7) is 4.07. The first-order valence-corrected chi connectivity index (χ1v) is 11.7. The van der Waals surface area contributed by atoms with Crippen LogP contribution in [0.25, 0.3) is 5.69 Å². The summed E-state index contributed by atoms with van der Waals surface area (Å²) in [7, 11) is 0. The Morgan fingerprint density at radius 1 is 1.12 bits per heavy atom. The van der Waals surface area contributed by atoms with Crippen LogP contribution in [-0.2, 0) is 24.0 Å². The van der Waals surface area contributed by atoms with Crippen LogP contribution in [0.2, 0.25) is 0 Å². The van der Waals surface area contributed by atoms with Crippen LogP contribution >= 0.6 is 11.3 Å². The molecule has 0 radical (unpaired) electrons. The predicted octanol–water partition coefficient (Wildman–Crippen LogP) is 4.16. The number of carbonyl (C=O) groups excluding carboxylic acids is 2. The molecule has 1 aliphatic carbocycles. The zero-order chi connectivity index (χ0) is 22.7. The van der Waals surface area contributed by atoms with Gasteiger partial charge in [0.25, 0.3) is 5.91 Å². The SMILES string of the molecule is CCOC(=O)c1c(NC(=O)c2nn(-c3ccc(CC)cc3)ccc2=O)sc2c1CCCC2. The molecule has 0 saturated carbocycles. The van der Waals surface area contributed by atoms with Gasteiger partial charge in [0.05, 0.1) is 17.9 Å². The van der Waals surface area contributed by atoms with Crippen molar-refractivity contribution in [1.29, 1.82) is 0 Å². The number of esters is 1. The highest BCUT2D eigenvalue weighted by atomic mass is 32.1. The first-order chi connectivity index (χ1) is 15.5. The number of ether oxygens (including phenoxy) is 1. The molecule has 0 aliphatic heterocycles. The number of rotatable bonds is 6. The second kappa shape index (κ2) is 9.48.